The molecule has 3 aromatic rings. The Kier molecular flexibility index (Phi) is 7.07. The van der Waals surface area contributed by atoms with Gasteiger partial charge in [-0.1, -0.05) is 41.7 Å². The average Bonchev–Trinajstić information content (AvgIpc) is 3.14. The average molecular weight is 495 g/mol. The molecular formula is C26H26N2O6S. The first-order valence-electron chi connectivity index (χ1n) is 11.2. The van der Waals surface area contributed by atoms with Gasteiger partial charge >= 0.3 is 5.97 Å². The van der Waals surface area contributed by atoms with Crippen LogP contribution in [0.25, 0.3) is 6.08 Å². The maximum absolute atomic E-state index is 13.7. The summed E-state index contributed by atoms with van der Waals surface area (Å²) in [6.07, 6.45) is 1.62. The number of aromatic hydroxyl groups is 1. The lowest BCUT2D eigenvalue weighted by Crippen LogP contribution is -2.40. The van der Waals surface area contributed by atoms with Crippen LogP contribution in [0.4, 0.5) is 0 Å². The Balaban J connectivity index is 2.04. The Bertz CT molecular complexity index is 1480. The van der Waals surface area contributed by atoms with E-state index in [4.69, 9.17) is 14.2 Å². The summed E-state index contributed by atoms with van der Waals surface area (Å²) in [6, 6.07) is 11.3. The number of phenolic OH excluding ortho intramolecular Hbond substituents is 1. The third-order valence-electron chi connectivity index (χ3n) is 5.55. The number of phenols is 1. The maximum Gasteiger partial charge on any atom is 0.338 e. The predicted molar refractivity (Wildman–Crippen MR) is 133 cm³/mol. The third-order valence-corrected chi connectivity index (χ3v) is 6.54. The summed E-state index contributed by atoms with van der Waals surface area (Å²) in [4.78, 5) is 31.8. The highest BCUT2D eigenvalue weighted by molar-refractivity contribution is 7.07. The minimum absolute atomic E-state index is 0.0599. The number of benzene rings is 2. The van der Waals surface area contributed by atoms with Crippen molar-refractivity contribution in [3.8, 4) is 17.2 Å². The summed E-state index contributed by atoms with van der Waals surface area (Å²) in [5, 5.41) is 10.2. The van der Waals surface area contributed by atoms with Crippen molar-refractivity contribution < 1.29 is 24.1 Å². The van der Waals surface area contributed by atoms with Crippen molar-refractivity contribution in [2.45, 2.75) is 26.8 Å². The molecule has 0 spiro atoms. The molecule has 0 saturated carbocycles. The van der Waals surface area contributed by atoms with Crippen LogP contribution >= 0.6 is 11.3 Å². The van der Waals surface area contributed by atoms with Crippen molar-refractivity contribution in [2.24, 2.45) is 4.99 Å². The second-order valence-electron chi connectivity index (χ2n) is 7.67. The van der Waals surface area contributed by atoms with E-state index in [1.54, 1.807) is 62.4 Å². The molecule has 2 heterocycles. The highest BCUT2D eigenvalue weighted by Crippen LogP contribution is 2.40. The largest absolute Gasteiger partial charge is 0.507 e. The number of carbonyl (C=O) groups excluding carboxylic acids is 1. The van der Waals surface area contributed by atoms with Crippen LogP contribution in [0.15, 0.2) is 63.5 Å². The molecule has 0 amide bonds. The molecule has 0 saturated heterocycles. The number of allylic oxidation sites excluding steroid dienone is 1. The molecule has 1 N–H and O–H groups in total. The number of rotatable bonds is 7. The number of nitrogens with zero attached hydrogens (tertiary/aromatic N) is 2. The van der Waals surface area contributed by atoms with Crippen LogP contribution in [0.3, 0.4) is 0 Å². The Labute approximate surface area is 206 Å². The SMILES string of the molecule is CCOC(=O)C1=C(C)N=c2sc(=Cc3ccccc3O)c(=O)n2[C@H]1c1cccc(OC)c1OCC. The Morgan fingerprint density at radius 3 is 2.63 bits per heavy atom. The van der Waals surface area contributed by atoms with E-state index in [9.17, 15) is 14.7 Å². The minimum atomic E-state index is -0.839. The second-order valence-corrected chi connectivity index (χ2v) is 8.68. The molecule has 0 fully saturated rings. The van der Waals surface area contributed by atoms with Gasteiger partial charge in [-0.05, 0) is 39.0 Å². The maximum atomic E-state index is 13.7. The quantitative estimate of drug-likeness (QED) is 0.507. The van der Waals surface area contributed by atoms with E-state index < -0.39 is 12.0 Å². The highest BCUT2D eigenvalue weighted by atomic mass is 32.1. The third kappa shape index (κ3) is 4.46. The highest BCUT2D eigenvalue weighted by Gasteiger charge is 2.35. The predicted octanol–water partition coefficient (Wildman–Crippen LogP) is 2.91. The molecule has 1 aliphatic rings. The lowest BCUT2D eigenvalue weighted by molar-refractivity contribution is -0.139. The van der Waals surface area contributed by atoms with Gasteiger partial charge in [-0.15, -0.1) is 0 Å². The molecule has 0 aliphatic carbocycles. The molecule has 0 bridgehead atoms. The summed E-state index contributed by atoms with van der Waals surface area (Å²) in [5.41, 5.74) is 1.45. The van der Waals surface area contributed by atoms with Crippen LogP contribution in [0.2, 0.25) is 0 Å². The number of methoxy groups -OCH3 is 1. The smallest absolute Gasteiger partial charge is 0.338 e. The number of esters is 1. The summed E-state index contributed by atoms with van der Waals surface area (Å²) >= 11 is 1.18. The number of aromatic nitrogens is 1. The van der Waals surface area contributed by atoms with Crippen LogP contribution in [0.1, 0.15) is 37.9 Å². The monoisotopic (exact) mass is 494 g/mol. The van der Waals surface area contributed by atoms with Crippen molar-refractivity contribution in [3.63, 3.8) is 0 Å². The van der Waals surface area contributed by atoms with Gasteiger partial charge in [0.15, 0.2) is 16.3 Å². The fourth-order valence-electron chi connectivity index (χ4n) is 4.04. The van der Waals surface area contributed by atoms with Crippen molar-refractivity contribution in [1.29, 1.82) is 0 Å². The molecule has 4 rings (SSSR count). The molecule has 1 atom stereocenters. The van der Waals surface area contributed by atoms with Crippen molar-refractivity contribution >= 4 is 23.4 Å². The van der Waals surface area contributed by atoms with Crippen LogP contribution in [-0.4, -0.2) is 36.0 Å². The van der Waals surface area contributed by atoms with Gasteiger partial charge in [0.25, 0.3) is 5.56 Å². The second kappa shape index (κ2) is 10.2. The summed E-state index contributed by atoms with van der Waals surface area (Å²) in [6.45, 7) is 5.83. The number of carbonyl (C=O) groups is 1. The van der Waals surface area contributed by atoms with Gasteiger partial charge in [0.05, 0.1) is 36.1 Å². The van der Waals surface area contributed by atoms with Gasteiger partial charge in [0, 0.05) is 11.1 Å². The van der Waals surface area contributed by atoms with E-state index >= 15 is 0 Å². The number of thiazole rings is 1. The first-order valence-corrected chi connectivity index (χ1v) is 12.0. The Morgan fingerprint density at radius 1 is 1.17 bits per heavy atom. The summed E-state index contributed by atoms with van der Waals surface area (Å²) < 4.78 is 18.6. The standard InChI is InChI=1S/C26H26N2O6S/c1-5-33-23-17(11-9-13-19(23)32-4)22-21(25(31)34-6-2)15(3)27-26-28(22)24(30)20(35-26)14-16-10-7-8-12-18(16)29/h7-14,22,29H,5-6H2,1-4H3/t22-/m0/s1. The molecule has 182 valence electrons. The van der Waals surface area contributed by atoms with Crippen LogP contribution < -0.4 is 24.4 Å². The van der Waals surface area contributed by atoms with Crippen molar-refractivity contribution in [3.05, 3.63) is 84.5 Å². The van der Waals surface area contributed by atoms with Gasteiger partial charge in [-0.25, -0.2) is 9.79 Å². The molecule has 9 heteroatoms. The molecule has 0 unspecified atom stereocenters. The first kappa shape index (κ1) is 24.3. The first-order chi connectivity index (χ1) is 16.9. The lowest BCUT2D eigenvalue weighted by atomic mass is 9.94. The fourth-order valence-corrected chi connectivity index (χ4v) is 5.08. The van der Waals surface area contributed by atoms with E-state index in [1.807, 2.05) is 6.92 Å². The van der Waals surface area contributed by atoms with E-state index in [2.05, 4.69) is 4.99 Å². The zero-order valence-electron chi connectivity index (χ0n) is 19.9. The van der Waals surface area contributed by atoms with Gasteiger partial charge in [0.2, 0.25) is 0 Å². The fraction of sp³-hybridized carbons (Fsp3) is 0.269. The van der Waals surface area contributed by atoms with Crippen LogP contribution in [0.5, 0.6) is 17.2 Å². The van der Waals surface area contributed by atoms with E-state index in [0.29, 0.717) is 44.3 Å². The van der Waals surface area contributed by atoms with Gasteiger partial charge in [-0.3, -0.25) is 9.36 Å². The normalized spacial score (nSPS) is 15.4. The Hall–Kier alpha value is -3.85. The van der Waals surface area contributed by atoms with E-state index in [1.165, 1.54) is 23.0 Å². The molecule has 2 aromatic carbocycles. The molecular weight excluding hydrogens is 468 g/mol. The number of ether oxygens (including phenoxy) is 3. The van der Waals surface area contributed by atoms with E-state index in [-0.39, 0.29) is 23.5 Å². The van der Waals surface area contributed by atoms with Gasteiger partial charge in [-0.2, -0.15) is 0 Å². The summed E-state index contributed by atoms with van der Waals surface area (Å²) in [5.74, 6) is 0.427. The number of fused-ring (bicyclic) bond motifs is 1. The zero-order valence-corrected chi connectivity index (χ0v) is 20.7. The van der Waals surface area contributed by atoms with Crippen LogP contribution in [-0.2, 0) is 9.53 Å². The molecule has 0 radical (unpaired) electrons. The summed E-state index contributed by atoms with van der Waals surface area (Å²) in [7, 11) is 1.53. The number of hydrogen-bond acceptors (Lipinski definition) is 8. The molecule has 35 heavy (non-hydrogen) atoms. The molecule has 1 aliphatic heterocycles. The molecule has 8 nitrogen and oxygen atoms in total. The minimum Gasteiger partial charge on any atom is -0.507 e. The zero-order chi connectivity index (χ0) is 25.1. The van der Waals surface area contributed by atoms with Gasteiger partial charge < -0.3 is 19.3 Å². The topological polar surface area (TPSA) is 99.4 Å². The molecule has 1 aromatic heterocycles. The number of hydrogen-bond donors (Lipinski definition) is 1. The van der Waals surface area contributed by atoms with Crippen LogP contribution in [0, 0.1) is 0 Å². The van der Waals surface area contributed by atoms with E-state index in [0.717, 1.165) is 0 Å². The lowest BCUT2D eigenvalue weighted by Gasteiger charge is -2.26. The van der Waals surface area contributed by atoms with Crippen molar-refractivity contribution in [1.82, 2.24) is 4.57 Å². The van der Waals surface area contributed by atoms with Gasteiger partial charge in [0.1, 0.15) is 11.8 Å². The number of para-hydroxylation sites is 2. The van der Waals surface area contributed by atoms with Crippen molar-refractivity contribution in [2.75, 3.05) is 20.3 Å². The Morgan fingerprint density at radius 2 is 1.94 bits per heavy atom.